The number of hydrogen-bond donors (Lipinski definition) is 1. The van der Waals surface area contributed by atoms with Crippen LogP contribution in [0.15, 0.2) is 9.98 Å². The normalized spacial score (nSPS) is 20.1. The van der Waals surface area contributed by atoms with Crippen molar-refractivity contribution in [1.82, 2.24) is 4.90 Å². The van der Waals surface area contributed by atoms with Crippen molar-refractivity contribution in [2.45, 2.75) is 32.5 Å². The van der Waals surface area contributed by atoms with Crippen LogP contribution >= 0.6 is 0 Å². The molecule has 0 aromatic heterocycles. The van der Waals surface area contributed by atoms with Crippen LogP contribution in [0.3, 0.4) is 0 Å². The number of aliphatic imine (C=N–C) groups is 2. The quantitative estimate of drug-likeness (QED) is 0.532. The Kier molecular flexibility index (Phi) is 4.71. The van der Waals surface area contributed by atoms with Gasteiger partial charge >= 0.3 is 0 Å². The molecule has 1 heterocycles. The van der Waals surface area contributed by atoms with E-state index in [1.807, 2.05) is 6.92 Å². The van der Waals surface area contributed by atoms with Crippen LogP contribution in [0.1, 0.15) is 20.3 Å². The summed E-state index contributed by atoms with van der Waals surface area (Å²) in [6.45, 7) is 10.1. The lowest BCUT2D eigenvalue weighted by Gasteiger charge is -2.39. The van der Waals surface area contributed by atoms with Crippen molar-refractivity contribution in [2.75, 3.05) is 19.8 Å². The Morgan fingerprint density at radius 3 is 2.73 bits per heavy atom. The van der Waals surface area contributed by atoms with Gasteiger partial charge in [0.25, 0.3) is 0 Å². The Labute approximate surface area is 91.0 Å². The maximum Gasteiger partial charge on any atom is 0.216 e. The highest BCUT2D eigenvalue weighted by molar-refractivity contribution is 5.82. The molecule has 5 heteroatoms. The molecule has 0 bridgehead atoms. The van der Waals surface area contributed by atoms with Crippen LogP contribution in [0, 0.1) is 0 Å². The van der Waals surface area contributed by atoms with Crippen molar-refractivity contribution < 1.29 is 4.74 Å². The average molecular weight is 212 g/mol. The molecule has 0 aliphatic carbocycles. The molecule has 1 aliphatic rings. The fourth-order valence-electron chi connectivity index (χ4n) is 1.65. The predicted molar refractivity (Wildman–Crippen MR) is 62.2 cm³/mol. The van der Waals surface area contributed by atoms with E-state index < -0.39 is 0 Å². The summed E-state index contributed by atoms with van der Waals surface area (Å²) in [5, 5.41) is 0. The maximum absolute atomic E-state index is 5.53. The zero-order valence-electron chi connectivity index (χ0n) is 9.52. The molecule has 0 amide bonds. The summed E-state index contributed by atoms with van der Waals surface area (Å²) in [6, 6.07) is 0.473. The SMILES string of the molecule is C=NC(N)=NC(C)N(CCC)C1COC1. The molecule has 0 spiro atoms. The standard InChI is InChI=1S/C10H20N4O/c1-4-5-14(9-6-15-7-9)8(2)13-10(11)12-3/h8-9H,3-7H2,1-2H3,(H2,11,13). The van der Waals surface area contributed by atoms with Crippen LogP contribution in [0.2, 0.25) is 0 Å². The molecule has 0 radical (unpaired) electrons. The van der Waals surface area contributed by atoms with Gasteiger partial charge < -0.3 is 10.5 Å². The second-order valence-corrected chi connectivity index (χ2v) is 3.71. The zero-order valence-corrected chi connectivity index (χ0v) is 9.52. The topological polar surface area (TPSA) is 63.2 Å². The fourth-order valence-corrected chi connectivity index (χ4v) is 1.65. The van der Waals surface area contributed by atoms with E-state index in [0.29, 0.717) is 6.04 Å². The van der Waals surface area contributed by atoms with Gasteiger partial charge in [-0.15, -0.1) is 0 Å². The first kappa shape index (κ1) is 12.1. The Balaban J connectivity index is 2.57. The molecule has 1 saturated heterocycles. The van der Waals surface area contributed by atoms with Gasteiger partial charge in [0.2, 0.25) is 5.96 Å². The molecule has 0 saturated carbocycles. The summed E-state index contributed by atoms with van der Waals surface area (Å²) < 4.78 is 5.19. The van der Waals surface area contributed by atoms with Crippen LogP contribution in [-0.2, 0) is 4.74 Å². The van der Waals surface area contributed by atoms with Crippen molar-refractivity contribution >= 4 is 12.7 Å². The number of nitrogens with zero attached hydrogens (tertiary/aromatic N) is 3. The summed E-state index contributed by atoms with van der Waals surface area (Å²) in [6.07, 6.45) is 1.14. The van der Waals surface area contributed by atoms with E-state index in [4.69, 9.17) is 10.5 Å². The average Bonchev–Trinajstić information content (AvgIpc) is 2.14. The molecule has 0 aromatic rings. The lowest BCUT2D eigenvalue weighted by molar-refractivity contribution is -0.0760. The van der Waals surface area contributed by atoms with Gasteiger partial charge in [0.15, 0.2) is 0 Å². The van der Waals surface area contributed by atoms with Crippen LogP contribution < -0.4 is 5.73 Å². The highest BCUT2D eigenvalue weighted by Crippen LogP contribution is 2.15. The lowest BCUT2D eigenvalue weighted by Crippen LogP contribution is -2.52. The van der Waals surface area contributed by atoms with Gasteiger partial charge in [0, 0.05) is 6.54 Å². The molecule has 86 valence electrons. The number of ether oxygens (including phenoxy) is 1. The molecule has 2 N–H and O–H groups in total. The molecule has 15 heavy (non-hydrogen) atoms. The second kappa shape index (κ2) is 5.82. The third-order valence-corrected chi connectivity index (χ3v) is 2.53. The van der Waals surface area contributed by atoms with E-state index in [2.05, 4.69) is 28.5 Å². The smallest absolute Gasteiger partial charge is 0.216 e. The Morgan fingerprint density at radius 1 is 1.67 bits per heavy atom. The highest BCUT2D eigenvalue weighted by Gasteiger charge is 2.28. The number of rotatable bonds is 5. The van der Waals surface area contributed by atoms with Crippen LogP contribution in [0.5, 0.6) is 0 Å². The molecule has 0 aromatic carbocycles. The van der Waals surface area contributed by atoms with Gasteiger partial charge in [-0.1, -0.05) is 6.92 Å². The number of hydrogen-bond acceptors (Lipinski definition) is 3. The predicted octanol–water partition coefficient (Wildman–Crippen LogP) is 0.458. The number of nitrogens with two attached hydrogens (primary N) is 1. The van der Waals surface area contributed by atoms with Crippen LogP contribution in [0.4, 0.5) is 0 Å². The van der Waals surface area contributed by atoms with Crippen LogP contribution in [0.25, 0.3) is 0 Å². The minimum absolute atomic E-state index is 0.0457. The lowest BCUT2D eigenvalue weighted by atomic mass is 10.2. The van der Waals surface area contributed by atoms with E-state index in [1.165, 1.54) is 0 Å². The van der Waals surface area contributed by atoms with Crippen molar-refractivity contribution in [3.8, 4) is 0 Å². The van der Waals surface area contributed by atoms with Crippen LogP contribution in [-0.4, -0.2) is 49.5 Å². The second-order valence-electron chi connectivity index (χ2n) is 3.71. The Morgan fingerprint density at radius 2 is 2.33 bits per heavy atom. The maximum atomic E-state index is 5.53. The van der Waals surface area contributed by atoms with Crippen molar-refractivity contribution in [1.29, 1.82) is 0 Å². The highest BCUT2D eigenvalue weighted by atomic mass is 16.5. The van der Waals surface area contributed by atoms with E-state index in [9.17, 15) is 0 Å². The van der Waals surface area contributed by atoms with Crippen molar-refractivity contribution in [2.24, 2.45) is 15.7 Å². The summed E-state index contributed by atoms with van der Waals surface area (Å²) in [7, 11) is 0. The number of guanidine groups is 1. The van der Waals surface area contributed by atoms with Gasteiger partial charge in [-0.25, -0.2) is 9.98 Å². The minimum Gasteiger partial charge on any atom is -0.378 e. The molecule has 1 fully saturated rings. The molecule has 1 aliphatic heterocycles. The molecular weight excluding hydrogens is 192 g/mol. The van der Waals surface area contributed by atoms with Gasteiger partial charge in [-0.05, 0) is 20.1 Å². The van der Waals surface area contributed by atoms with E-state index >= 15 is 0 Å². The molecule has 5 nitrogen and oxygen atoms in total. The third kappa shape index (κ3) is 3.28. The summed E-state index contributed by atoms with van der Waals surface area (Å²) in [5.74, 6) is 0.254. The first-order valence-electron chi connectivity index (χ1n) is 5.32. The Hall–Kier alpha value is -0.940. The van der Waals surface area contributed by atoms with Gasteiger partial charge in [-0.2, -0.15) is 0 Å². The van der Waals surface area contributed by atoms with Gasteiger partial charge in [0.05, 0.1) is 19.3 Å². The zero-order chi connectivity index (χ0) is 11.3. The molecular formula is C10H20N4O. The van der Waals surface area contributed by atoms with Crippen molar-refractivity contribution in [3.63, 3.8) is 0 Å². The molecule has 1 rings (SSSR count). The molecule has 1 unspecified atom stereocenters. The van der Waals surface area contributed by atoms with Gasteiger partial charge in [-0.3, -0.25) is 4.90 Å². The third-order valence-electron chi connectivity index (χ3n) is 2.53. The first-order valence-corrected chi connectivity index (χ1v) is 5.32. The molecule has 1 atom stereocenters. The summed E-state index contributed by atoms with van der Waals surface area (Å²) in [4.78, 5) is 10.1. The van der Waals surface area contributed by atoms with E-state index in [-0.39, 0.29) is 12.1 Å². The summed E-state index contributed by atoms with van der Waals surface area (Å²) >= 11 is 0. The first-order chi connectivity index (χ1) is 7.19. The summed E-state index contributed by atoms with van der Waals surface area (Å²) in [5.41, 5.74) is 5.53. The van der Waals surface area contributed by atoms with E-state index in [0.717, 1.165) is 26.2 Å². The Bertz CT molecular complexity index is 238. The minimum atomic E-state index is 0.0457. The fraction of sp³-hybridized carbons (Fsp3) is 0.800. The van der Waals surface area contributed by atoms with E-state index in [1.54, 1.807) is 0 Å². The van der Waals surface area contributed by atoms with Gasteiger partial charge in [0.1, 0.15) is 6.17 Å². The monoisotopic (exact) mass is 212 g/mol. The van der Waals surface area contributed by atoms with Crippen molar-refractivity contribution in [3.05, 3.63) is 0 Å². The largest absolute Gasteiger partial charge is 0.378 e.